The van der Waals surface area contributed by atoms with E-state index in [1.54, 1.807) is 6.07 Å². The minimum Gasteiger partial charge on any atom is -0.361 e. The molecule has 1 saturated heterocycles. The number of likely N-dealkylation sites (tertiary alicyclic amines) is 1. The summed E-state index contributed by atoms with van der Waals surface area (Å²) in [5, 5.41) is 7.15. The van der Waals surface area contributed by atoms with E-state index in [2.05, 4.69) is 20.5 Å². The van der Waals surface area contributed by atoms with E-state index >= 15 is 0 Å². The van der Waals surface area contributed by atoms with Crippen LogP contribution in [0.2, 0.25) is 0 Å². The van der Waals surface area contributed by atoms with Crippen molar-refractivity contribution in [2.45, 2.75) is 50.6 Å². The van der Waals surface area contributed by atoms with E-state index in [1.807, 2.05) is 54.7 Å². The molecule has 2 amide bonds. The van der Waals surface area contributed by atoms with Gasteiger partial charge in [0.25, 0.3) is 5.91 Å². The number of H-pyrrole nitrogens is 1. The SMILES string of the molecule is O=C(N[C@@H](C(=O)NCC1CCN(C2CCCC2)CC1)c1ccccc1)c1ccc2cc[nH]c2c1. The molecule has 2 fully saturated rings. The first-order chi connectivity index (χ1) is 16.7. The van der Waals surface area contributed by atoms with Gasteiger partial charge in [-0.2, -0.15) is 0 Å². The Balaban J connectivity index is 1.21. The Kier molecular flexibility index (Phi) is 6.95. The molecule has 34 heavy (non-hydrogen) atoms. The molecule has 0 unspecified atom stereocenters. The Morgan fingerprint density at radius 1 is 0.971 bits per heavy atom. The molecule has 6 heteroatoms. The van der Waals surface area contributed by atoms with Crippen LogP contribution in [0.15, 0.2) is 60.8 Å². The highest BCUT2D eigenvalue weighted by atomic mass is 16.2. The Morgan fingerprint density at radius 3 is 2.50 bits per heavy atom. The van der Waals surface area contributed by atoms with E-state index in [-0.39, 0.29) is 11.8 Å². The normalized spacial score (nSPS) is 18.7. The number of carbonyl (C=O) groups excluding carboxylic acids is 2. The predicted molar refractivity (Wildman–Crippen MR) is 135 cm³/mol. The van der Waals surface area contributed by atoms with Crippen molar-refractivity contribution in [3.63, 3.8) is 0 Å². The Labute approximate surface area is 201 Å². The van der Waals surface area contributed by atoms with Crippen molar-refractivity contribution in [2.24, 2.45) is 5.92 Å². The van der Waals surface area contributed by atoms with Gasteiger partial charge in [0.2, 0.25) is 5.91 Å². The van der Waals surface area contributed by atoms with Crippen molar-refractivity contribution in [3.8, 4) is 0 Å². The standard InChI is InChI=1S/C28H34N4O2/c33-27(23-11-10-21-12-15-29-25(21)18-23)31-26(22-6-2-1-3-7-22)28(34)30-19-20-13-16-32(17-14-20)24-8-4-5-9-24/h1-3,6-7,10-12,15,18,20,24,26,29H,4-5,8-9,13-14,16-17,19H2,(H,30,34)(H,31,33)/t26-/m1/s1. The molecule has 178 valence electrons. The second kappa shape index (κ2) is 10.4. The van der Waals surface area contributed by atoms with Crippen LogP contribution in [-0.4, -0.2) is 47.4 Å². The number of fused-ring (bicyclic) bond motifs is 1. The average Bonchev–Trinajstić information content (AvgIpc) is 3.58. The highest BCUT2D eigenvalue weighted by Gasteiger charge is 2.28. The third-order valence-electron chi connectivity index (χ3n) is 7.54. The fourth-order valence-electron chi connectivity index (χ4n) is 5.49. The first kappa shape index (κ1) is 22.7. The maximum atomic E-state index is 13.3. The fourth-order valence-corrected chi connectivity index (χ4v) is 5.49. The van der Waals surface area contributed by atoms with Crippen LogP contribution in [0.5, 0.6) is 0 Å². The van der Waals surface area contributed by atoms with Crippen molar-refractivity contribution in [2.75, 3.05) is 19.6 Å². The number of aromatic nitrogens is 1. The van der Waals surface area contributed by atoms with Crippen LogP contribution in [0.4, 0.5) is 0 Å². The first-order valence-electron chi connectivity index (χ1n) is 12.6. The molecule has 1 atom stereocenters. The molecule has 2 heterocycles. The van der Waals surface area contributed by atoms with Crippen molar-refractivity contribution < 1.29 is 9.59 Å². The molecule has 6 nitrogen and oxygen atoms in total. The molecule has 0 radical (unpaired) electrons. The number of nitrogens with zero attached hydrogens (tertiary/aromatic N) is 1. The lowest BCUT2D eigenvalue weighted by Crippen LogP contribution is -2.45. The van der Waals surface area contributed by atoms with Crippen molar-refractivity contribution in [3.05, 3.63) is 71.9 Å². The Bertz CT molecular complexity index is 1110. The number of hydrogen-bond donors (Lipinski definition) is 3. The quantitative estimate of drug-likeness (QED) is 0.491. The van der Waals surface area contributed by atoms with E-state index in [1.165, 1.54) is 25.7 Å². The van der Waals surface area contributed by atoms with Gasteiger partial charge in [-0.25, -0.2) is 0 Å². The average molecular weight is 459 g/mol. The molecule has 2 aromatic carbocycles. The molecule has 1 aliphatic heterocycles. The first-order valence-corrected chi connectivity index (χ1v) is 12.6. The largest absolute Gasteiger partial charge is 0.361 e. The second-order valence-corrected chi connectivity index (χ2v) is 9.76. The summed E-state index contributed by atoms with van der Waals surface area (Å²) in [5.41, 5.74) is 2.21. The van der Waals surface area contributed by atoms with E-state index in [0.717, 1.165) is 48.4 Å². The highest BCUT2D eigenvalue weighted by Crippen LogP contribution is 2.27. The summed E-state index contributed by atoms with van der Waals surface area (Å²) in [5.74, 6) is 0.0770. The van der Waals surface area contributed by atoms with Gasteiger partial charge in [0, 0.05) is 29.9 Å². The number of aromatic amines is 1. The Morgan fingerprint density at radius 2 is 1.74 bits per heavy atom. The molecule has 0 spiro atoms. The van der Waals surface area contributed by atoms with Gasteiger partial charge in [-0.05, 0) is 73.8 Å². The number of amides is 2. The molecule has 3 N–H and O–H groups in total. The summed E-state index contributed by atoms with van der Waals surface area (Å²) in [6.45, 7) is 2.92. The zero-order valence-corrected chi connectivity index (χ0v) is 19.6. The van der Waals surface area contributed by atoms with Gasteiger partial charge in [-0.15, -0.1) is 0 Å². The maximum absolute atomic E-state index is 13.3. The van der Waals surface area contributed by atoms with Crippen LogP contribution >= 0.6 is 0 Å². The van der Waals surface area contributed by atoms with Crippen molar-refractivity contribution >= 4 is 22.7 Å². The zero-order valence-electron chi connectivity index (χ0n) is 19.6. The van der Waals surface area contributed by atoms with Crippen LogP contribution in [0, 0.1) is 5.92 Å². The summed E-state index contributed by atoms with van der Waals surface area (Å²) in [7, 11) is 0. The monoisotopic (exact) mass is 458 g/mol. The topological polar surface area (TPSA) is 77.2 Å². The van der Waals surface area contributed by atoms with Crippen LogP contribution < -0.4 is 10.6 Å². The number of rotatable bonds is 7. The van der Waals surface area contributed by atoms with E-state index in [9.17, 15) is 9.59 Å². The second-order valence-electron chi connectivity index (χ2n) is 9.76. The van der Waals surface area contributed by atoms with E-state index in [4.69, 9.17) is 0 Å². The summed E-state index contributed by atoms with van der Waals surface area (Å²) in [4.78, 5) is 32.1. The van der Waals surface area contributed by atoms with Crippen molar-refractivity contribution in [1.29, 1.82) is 0 Å². The number of benzene rings is 2. The van der Waals surface area contributed by atoms with Gasteiger partial charge >= 0.3 is 0 Å². The predicted octanol–water partition coefficient (Wildman–Crippen LogP) is 4.41. The minimum absolute atomic E-state index is 0.154. The zero-order chi connectivity index (χ0) is 23.3. The molecule has 1 aromatic heterocycles. The van der Waals surface area contributed by atoms with Gasteiger partial charge in [0.15, 0.2) is 0 Å². The molecule has 5 rings (SSSR count). The van der Waals surface area contributed by atoms with Gasteiger partial charge in [-0.3, -0.25) is 9.59 Å². The van der Waals surface area contributed by atoms with Gasteiger partial charge in [0.1, 0.15) is 6.04 Å². The Hall–Kier alpha value is -3.12. The van der Waals surface area contributed by atoms with Gasteiger partial charge in [-0.1, -0.05) is 49.2 Å². The molecular weight excluding hydrogens is 424 g/mol. The fraction of sp³-hybridized carbons (Fsp3) is 0.429. The summed E-state index contributed by atoms with van der Waals surface area (Å²) in [6.07, 6.45) is 9.51. The number of piperidine rings is 1. The van der Waals surface area contributed by atoms with Crippen LogP contribution in [0.3, 0.4) is 0 Å². The molecule has 2 aliphatic rings. The molecule has 1 aliphatic carbocycles. The summed E-state index contributed by atoms with van der Waals surface area (Å²) in [6, 6.07) is 17.0. The van der Waals surface area contributed by atoms with Gasteiger partial charge < -0.3 is 20.5 Å². The van der Waals surface area contributed by atoms with E-state index < -0.39 is 6.04 Å². The van der Waals surface area contributed by atoms with Crippen LogP contribution in [0.25, 0.3) is 10.9 Å². The maximum Gasteiger partial charge on any atom is 0.252 e. The highest BCUT2D eigenvalue weighted by molar-refractivity contribution is 6.00. The molecule has 1 saturated carbocycles. The van der Waals surface area contributed by atoms with Crippen LogP contribution in [0.1, 0.15) is 60.5 Å². The number of carbonyl (C=O) groups is 2. The molecule has 3 aromatic rings. The number of hydrogen-bond acceptors (Lipinski definition) is 3. The van der Waals surface area contributed by atoms with Gasteiger partial charge in [0.05, 0.1) is 0 Å². The third kappa shape index (κ3) is 5.17. The minimum atomic E-state index is -0.730. The van der Waals surface area contributed by atoms with Crippen LogP contribution in [-0.2, 0) is 4.79 Å². The molecular formula is C28H34N4O2. The lowest BCUT2D eigenvalue weighted by atomic mass is 9.95. The third-order valence-corrected chi connectivity index (χ3v) is 7.54. The smallest absolute Gasteiger partial charge is 0.252 e. The lowest BCUT2D eigenvalue weighted by molar-refractivity contribution is -0.123. The van der Waals surface area contributed by atoms with E-state index in [0.29, 0.717) is 18.0 Å². The molecule has 0 bridgehead atoms. The lowest BCUT2D eigenvalue weighted by Gasteiger charge is -2.36. The number of nitrogens with one attached hydrogen (secondary N) is 3. The summed E-state index contributed by atoms with van der Waals surface area (Å²) < 4.78 is 0. The van der Waals surface area contributed by atoms with Crippen molar-refractivity contribution in [1.82, 2.24) is 20.5 Å². The summed E-state index contributed by atoms with van der Waals surface area (Å²) >= 11 is 0.